The lowest BCUT2D eigenvalue weighted by molar-refractivity contribution is 0.0339. The van der Waals surface area contributed by atoms with Gasteiger partial charge in [0.25, 0.3) is 0 Å². The lowest BCUT2D eigenvalue weighted by atomic mass is 9.88. The third-order valence-corrected chi connectivity index (χ3v) is 8.84. The first-order chi connectivity index (χ1) is 18.8. The van der Waals surface area contributed by atoms with Crippen LogP contribution in [0.4, 0.5) is 10.2 Å². The summed E-state index contributed by atoms with van der Waals surface area (Å²) in [5, 5.41) is 16.5. The number of rotatable bonds is 5. The predicted molar refractivity (Wildman–Crippen MR) is 152 cm³/mol. The Kier molecular flexibility index (Phi) is 6.02. The Balaban J connectivity index is 1.38. The molecule has 2 N–H and O–H groups in total. The maximum absolute atomic E-state index is 16.6. The van der Waals surface area contributed by atoms with Crippen LogP contribution in [-0.4, -0.2) is 71.4 Å². The zero-order valence-electron chi connectivity index (χ0n) is 22.0. The molecule has 0 amide bonds. The van der Waals surface area contributed by atoms with Crippen molar-refractivity contribution in [3.05, 3.63) is 53.3 Å². The lowest BCUT2D eigenvalue weighted by Gasteiger charge is -2.39. The molecule has 1 aliphatic carbocycles. The smallest absolute Gasteiger partial charge is 0.319 e. The summed E-state index contributed by atoms with van der Waals surface area (Å²) in [4.78, 5) is 13.9. The number of benzene rings is 3. The quantitative estimate of drug-likeness (QED) is 0.348. The van der Waals surface area contributed by atoms with E-state index in [4.69, 9.17) is 21.3 Å². The molecule has 0 radical (unpaired) electrons. The Hall–Kier alpha value is -3.20. The summed E-state index contributed by atoms with van der Waals surface area (Å²) in [7, 11) is 4.13. The predicted octanol–water partition coefficient (Wildman–Crippen LogP) is 5.36. The molecule has 39 heavy (non-hydrogen) atoms. The highest BCUT2D eigenvalue weighted by Crippen LogP contribution is 2.43. The number of fused-ring (bicyclic) bond motifs is 4. The maximum Gasteiger partial charge on any atom is 0.319 e. The summed E-state index contributed by atoms with van der Waals surface area (Å²) in [5.41, 5.74) is 0.908. The van der Waals surface area contributed by atoms with Crippen LogP contribution in [0.5, 0.6) is 11.8 Å². The van der Waals surface area contributed by atoms with Crippen molar-refractivity contribution in [1.29, 1.82) is 0 Å². The van der Waals surface area contributed by atoms with E-state index < -0.39 is 5.82 Å². The fraction of sp³-hybridized carbons (Fsp3) is 0.400. The third kappa shape index (κ3) is 4.35. The van der Waals surface area contributed by atoms with Gasteiger partial charge in [0.05, 0.1) is 5.02 Å². The number of hydrogen-bond donors (Lipinski definition) is 2. The van der Waals surface area contributed by atoms with E-state index in [9.17, 15) is 5.11 Å². The molecule has 3 aromatic carbocycles. The second-order valence-electron chi connectivity index (χ2n) is 11.4. The molecule has 3 fully saturated rings. The molecule has 0 spiro atoms. The number of nitrogens with zero attached hydrogens (tertiary/aromatic N) is 4. The molecule has 2 unspecified atom stereocenters. The average molecular weight is 548 g/mol. The van der Waals surface area contributed by atoms with E-state index in [0.717, 1.165) is 49.5 Å². The summed E-state index contributed by atoms with van der Waals surface area (Å²) in [5.74, 6) is 0.160. The summed E-state index contributed by atoms with van der Waals surface area (Å²) in [6.07, 6.45) is 3.99. The molecule has 1 aromatic heterocycles. The molecule has 1 saturated carbocycles. The van der Waals surface area contributed by atoms with Crippen LogP contribution in [0.25, 0.3) is 32.8 Å². The normalized spacial score (nSPS) is 24.5. The Labute approximate surface area is 231 Å². The zero-order chi connectivity index (χ0) is 26.8. The number of phenolic OH excluding ortho intramolecular Hbond substituents is 1. The van der Waals surface area contributed by atoms with Gasteiger partial charge < -0.3 is 25.0 Å². The third-order valence-electron chi connectivity index (χ3n) is 8.55. The van der Waals surface area contributed by atoms with Crippen molar-refractivity contribution < 1.29 is 14.2 Å². The lowest BCUT2D eigenvalue weighted by Crippen LogP contribution is -2.51. The highest BCUT2D eigenvalue weighted by molar-refractivity contribution is 6.35. The molecule has 7 rings (SSSR count). The van der Waals surface area contributed by atoms with Gasteiger partial charge in [-0.1, -0.05) is 35.9 Å². The van der Waals surface area contributed by atoms with Crippen LogP contribution in [-0.2, 0) is 0 Å². The van der Waals surface area contributed by atoms with E-state index in [-0.39, 0.29) is 34.0 Å². The summed E-state index contributed by atoms with van der Waals surface area (Å²) >= 11 is 6.83. The topological polar surface area (TPSA) is 73.8 Å². The van der Waals surface area contributed by atoms with Gasteiger partial charge in [-0.05, 0) is 61.5 Å². The molecule has 2 aliphatic heterocycles. The SMILES string of the molecule is CN(C)C1CC(Oc2nc(N3CC4CCC(C3)N4)c3cc(Cl)c(-c4cc(O)cc5ccccc45)c(F)c3n2)C1. The van der Waals surface area contributed by atoms with Crippen molar-refractivity contribution in [1.82, 2.24) is 20.2 Å². The average Bonchev–Trinajstić information content (AvgIpc) is 3.22. The van der Waals surface area contributed by atoms with Crippen LogP contribution in [0.3, 0.4) is 0 Å². The van der Waals surface area contributed by atoms with Crippen molar-refractivity contribution in [2.45, 2.75) is 49.9 Å². The number of aromatic hydroxyl groups is 1. The molecule has 202 valence electrons. The van der Waals surface area contributed by atoms with Gasteiger partial charge in [-0.15, -0.1) is 0 Å². The van der Waals surface area contributed by atoms with Gasteiger partial charge in [0.15, 0.2) is 5.82 Å². The molecular formula is C30H31ClFN5O2. The minimum absolute atomic E-state index is 0.00764. The van der Waals surface area contributed by atoms with Crippen LogP contribution in [0, 0.1) is 5.82 Å². The largest absolute Gasteiger partial charge is 0.508 e. The van der Waals surface area contributed by atoms with E-state index in [1.807, 2.05) is 24.3 Å². The van der Waals surface area contributed by atoms with E-state index in [0.29, 0.717) is 34.9 Å². The van der Waals surface area contributed by atoms with E-state index >= 15 is 4.39 Å². The first-order valence-electron chi connectivity index (χ1n) is 13.6. The van der Waals surface area contributed by atoms with Crippen LogP contribution in [0.1, 0.15) is 25.7 Å². The van der Waals surface area contributed by atoms with E-state index in [1.165, 1.54) is 0 Å². The monoisotopic (exact) mass is 547 g/mol. The minimum atomic E-state index is -0.542. The van der Waals surface area contributed by atoms with E-state index in [1.54, 1.807) is 18.2 Å². The van der Waals surface area contributed by atoms with Crippen LogP contribution < -0.4 is 15.0 Å². The van der Waals surface area contributed by atoms with Crippen LogP contribution in [0.15, 0.2) is 42.5 Å². The molecule has 4 aromatic rings. The standard InChI is InChI=1S/C30H31ClFN5O2/c1-36(2)19-10-21(11-19)39-30-34-28-24(29(35-30)37-14-17-7-8-18(15-37)33-17)13-25(31)26(27(28)32)23-12-20(38)9-16-5-3-4-6-22(16)23/h3-6,9,12-13,17-19,21,33,38H,7-8,10-11,14-15H2,1-2H3. The van der Waals surface area contributed by atoms with Gasteiger partial charge in [0.1, 0.15) is 23.2 Å². The second kappa shape index (κ2) is 9.47. The highest BCUT2D eigenvalue weighted by Gasteiger charge is 2.36. The molecule has 3 heterocycles. The number of halogens is 2. The Morgan fingerprint density at radius 1 is 1.05 bits per heavy atom. The molecule has 2 saturated heterocycles. The Morgan fingerprint density at radius 3 is 2.54 bits per heavy atom. The maximum atomic E-state index is 16.6. The molecule has 9 heteroatoms. The summed E-state index contributed by atoms with van der Waals surface area (Å²) < 4.78 is 22.8. The number of aromatic nitrogens is 2. The van der Waals surface area contributed by atoms with Gasteiger partial charge >= 0.3 is 6.01 Å². The first-order valence-corrected chi connectivity index (χ1v) is 14.0. The molecule has 7 nitrogen and oxygen atoms in total. The van der Waals surface area contributed by atoms with Crippen molar-refractivity contribution in [3.63, 3.8) is 0 Å². The van der Waals surface area contributed by atoms with Gasteiger partial charge in [-0.25, -0.2) is 4.39 Å². The van der Waals surface area contributed by atoms with Crippen molar-refractivity contribution in [3.8, 4) is 22.9 Å². The Bertz CT molecular complexity index is 1580. The number of hydrogen-bond acceptors (Lipinski definition) is 7. The van der Waals surface area contributed by atoms with Gasteiger partial charge in [0.2, 0.25) is 0 Å². The van der Waals surface area contributed by atoms with Crippen molar-refractivity contribution in [2.75, 3.05) is 32.1 Å². The summed E-state index contributed by atoms with van der Waals surface area (Å²) in [6, 6.07) is 14.0. The molecular weight excluding hydrogens is 517 g/mol. The molecule has 2 atom stereocenters. The zero-order valence-corrected chi connectivity index (χ0v) is 22.7. The minimum Gasteiger partial charge on any atom is -0.508 e. The van der Waals surface area contributed by atoms with Gasteiger partial charge in [-0.3, -0.25) is 0 Å². The fourth-order valence-corrected chi connectivity index (χ4v) is 6.67. The number of phenols is 1. The number of nitrogens with one attached hydrogen (secondary N) is 1. The van der Waals surface area contributed by atoms with Crippen molar-refractivity contribution >= 4 is 39.1 Å². The fourth-order valence-electron chi connectivity index (χ4n) is 6.38. The molecule has 3 aliphatic rings. The van der Waals surface area contributed by atoms with Crippen molar-refractivity contribution in [2.24, 2.45) is 0 Å². The number of anilines is 1. The van der Waals surface area contributed by atoms with Gasteiger partial charge in [0, 0.05) is 55.0 Å². The highest BCUT2D eigenvalue weighted by atomic mass is 35.5. The summed E-state index contributed by atoms with van der Waals surface area (Å²) in [6.45, 7) is 1.57. The Morgan fingerprint density at radius 2 is 1.79 bits per heavy atom. The van der Waals surface area contributed by atoms with E-state index in [2.05, 4.69) is 34.2 Å². The first kappa shape index (κ1) is 24.8. The number of ether oxygens (including phenoxy) is 1. The number of piperazine rings is 1. The second-order valence-corrected chi connectivity index (χ2v) is 11.8. The van der Waals surface area contributed by atoms with Gasteiger partial charge in [-0.2, -0.15) is 9.97 Å². The molecule has 2 bridgehead atoms. The van der Waals surface area contributed by atoms with Crippen LogP contribution in [0.2, 0.25) is 5.02 Å². The van der Waals surface area contributed by atoms with Crippen LogP contribution >= 0.6 is 11.6 Å².